The molecule has 0 aliphatic heterocycles. The molecule has 0 atom stereocenters. The summed E-state index contributed by atoms with van der Waals surface area (Å²) >= 11 is 1.16. The minimum Gasteiger partial charge on any atom is -0.433 e. The number of anilines is 1. The number of carbonyl (C=O) groups excluding carboxylic acids is 1. The fraction of sp³-hybridized carbons (Fsp3) is 0.222. The Morgan fingerprint density at radius 2 is 2.10 bits per heavy atom. The monoisotopic (exact) mass is 422 g/mol. The van der Waals surface area contributed by atoms with Gasteiger partial charge in [-0.05, 0) is 43.0 Å². The number of carbonyl (C=O) groups is 1. The lowest BCUT2D eigenvalue weighted by molar-refractivity contribution is -0.386. The van der Waals surface area contributed by atoms with Gasteiger partial charge in [0.05, 0.1) is 22.0 Å². The molecule has 0 aliphatic carbocycles. The van der Waals surface area contributed by atoms with Gasteiger partial charge in [-0.15, -0.1) is 11.3 Å². The van der Waals surface area contributed by atoms with E-state index < -0.39 is 17.4 Å². The number of ether oxygens (including phenoxy) is 1. The van der Waals surface area contributed by atoms with Crippen molar-refractivity contribution >= 4 is 28.6 Å². The van der Waals surface area contributed by atoms with Crippen molar-refractivity contribution in [3.63, 3.8) is 0 Å². The molecule has 0 bridgehead atoms. The maximum Gasteiger partial charge on any atom is 0.387 e. The lowest BCUT2D eigenvalue weighted by Gasteiger charge is -2.10. The fourth-order valence-electron chi connectivity index (χ4n) is 2.81. The van der Waals surface area contributed by atoms with Gasteiger partial charge in [0.15, 0.2) is 0 Å². The lowest BCUT2D eigenvalue weighted by atomic mass is 10.2. The lowest BCUT2D eigenvalue weighted by Crippen LogP contribution is -2.12. The predicted octanol–water partition coefficient (Wildman–Crippen LogP) is 4.37. The van der Waals surface area contributed by atoms with Crippen LogP contribution in [0.2, 0.25) is 0 Å². The molecule has 11 heteroatoms. The molecule has 3 rings (SSSR count). The molecule has 1 N–H and O–H groups in total. The predicted molar refractivity (Wildman–Crippen MR) is 103 cm³/mol. The van der Waals surface area contributed by atoms with Crippen LogP contribution in [0.25, 0.3) is 0 Å². The van der Waals surface area contributed by atoms with Crippen molar-refractivity contribution in [2.24, 2.45) is 0 Å². The van der Waals surface area contributed by atoms with E-state index in [-0.39, 0.29) is 23.7 Å². The zero-order valence-electron chi connectivity index (χ0n) is 15.4. The number of alkyl halides is 2. The van der Waals surface area contributed by atoms with E-state index in [0.717, 1.165) is 16.9 Å². The van der Waals surface area contributed by atoms with E-state index in [9.17, 15) is 23.7 Å². The summed E-state index contributed by atoms with van der Waals surface area (Å²) in [6.45, 7) is 0.423. The van der Waals surface area contributed by atoms with Gasteiger partial charge in [0, 0.05) is 0 Å². The van der Waals surface area contributed by atoms with Gasteiger partial charge in [-0.2, -0.15) is 13.9 Å². The Bertz CT molecular complexity index is 1060. The maximum absolute atomic E-state index is 12.5. The average Bonchev–Trinajstić information content (AvgIpc) is 3.21. The molecule has 3 aromatic rings. The maximum atomic E-state index is 12.5. The molecule has 2 aromatic heterocycles. The Balaban J connectivity index is 1.75. The second-order valence-corrected chi connectivity index (χ2v) is 6.99. The minimum atomic E-state index is -3.01. The number of amides is 1. The van der Waals surface area contributed by atoms with E-state index in [2.05, 4.69) is 15.2 Å². The molecule has 152 valence electrons. The van der Waals surface area contributed by atoms with Gasteiger partial charge in [-0.1, -0.05) is 12.1 Å². The van der Waals surface area contributed by atoms with Gasteiger partial charge < -0.3 is 10.1 Å². The molecular weight excluding hydrogens is 406 g/mol. The highest BCUT2D eigenvalue weighted by Gasteiger charge is 2.22. The number of nitrogens with one attached hydrogen (secondary N) is 1. The number of aryl methyl sites for hydroxylation is 1. The highest BCUT2D eigenvalue weighted by Crippen LogP contribution is 2.27. The highest BCUT2D eigenvalue weighted by atomic mass is 32.1. The first-order chi connectivity index (χ1) is 13.8. The smallest absolute Gasteiger partial charge is 0.387 e. The summed E-state index contributed by atoms with van der Waals surface area (Å²) in [7, 11) is 0. The molecule has 0 saturated heterocycles. The minimum absolute atomic E-state index is 0.0335. The number of aromatic nitrogens is 2. The number of nitrogens with zero attached hydrogens (tertiary/aromatic N) is 3. The first kappa shape index (κ1) is 20.4. The molecule has 2 heterocycles. The summed E-state index contributed by atoms with van der Waals surface area (Å²) in [5, 5.41) is 19.6. The number of hydrogen-bond acceptors (Lipinski definition) is 6. The number of halogens is 2. The molecule has 1 aromatic carbocycles. The summed E-state index contributed by atoms with van der Waals surface area (Å²) < 4.78 is 30.9. The largest absolute Gasteiger partial charge is 0.433 e. The van der Waals surface area contributed by atoms with Gasteiger partial charge in [0.1, 0.15) is 17.1 Å². The summed E-state index contributed by atoms with van der Waals surface area (Å²) in [5.41, 5.74) is 1.56. The molecule has 0 saturated carbocycles. The Labute approximate surface area is 167 Å². The first-order valence-corrected chi connectivity index (χ1v) is 9.25. The number of thiophene rings is 1. The van der Waals surface area contributed by atoms with Gasteiger partial charge in [0.2, 0.25) is 0 Å². The third-order valence-electron chi connectivity index (χ3n) is 4.09. The van der Waals surface area contributed by atoms with E-state index in [1.54, 1.807) is 31.4 Å². The number of para-hydroxylation sites is 2. The molecule has 8 nitrogen and oxygen atoms in total. The standard InChI is InChI=1S/C18H16F2N4O4S/c1-10-16(24(26)27)11(2)23(22-10)8-12-7-15(29-9-12)17(25)21-13-5-3-4-6-14(13)28-18(19)20/h3-7,9,18H,8H2,1-2H3,(H,21,25). The Hall–Kier alpha value is -3.34. The third kappa shape index (κ3) is 4.57. The second kappa shape index (κ2) is 8.35. The molecule has 1 amide bonds. The summed E-state index contributed by atoms with van der Waals surface area (Å²) in [6.07, 6.45) is 0. The van der Waals surface area contributed by atoms with Crippen LogP contribution in [0.3, 0.4) is 0 Å². The number of rotatable bonds is 7. The quantitative estimate of drug-likeness (QED) is 0.450. The van der Waals surface area contributed by atoms with Gasteiger partial charge >= 0.3 is 12.3 Å². The first-order valence-electron chi connectivity index (χ1n) is 8.37. The van der Waals surface area contributed by atoms with Crippen LogP contribution in [0.5, 0.6) is 5.75 Å². The van der Waals surface area contributed by atoms with Crippen molar-refractivity contribution in [2.75, 3.05) is 5.32 Å². The fourth-order valence-corrected chi connectivity index (χ4v) is 3.61. The van der Waals surface area contributed by atoms with Crippen molar-refractivity contribution in [3.05, 3.63) is 67.7 Å². The van der Waals surface area contributed by atoms with Crippen LogP contribution in [0.15, 0.2) is 35.7 Å². The van der Waals surface area contributed by atoms with Crippen molar-refractivity contribution in [1.29, 1.82) is 0 Å². The van der Waals surface area contributed by atoms with Gasteiger partial charge in [0.25, 0.3) is 5.91 Å². The van der Waals surface area contributed by atoms with Gasteiger partial charge in [-0.3, -0.25) is 19.6 Å². The van der Waals surface area contributed by atoms with E-state index in [1.807, 2.05) is 0 Å². The van der Waals surface area contributed by atoms with E-state index in [1.165, 1.54) is 22.9 Å². The van der Waals surface area contributed by atoms with Crippen LogP contribution in [0.4, 0.5) is 20.2 Å². The van der Waals surface area contributed by atoms with E-state index in [0.29, 0.717) is 16.3 Å². The number of nitro groups is 1. The topological polar surface area (TPSA) is 99.3 Å². The summed E-state index contributed by atoms with van der Waals surface area (Å²) in [5.74, 6) is -0.617. The Morgan fingerprint density at radius 3 is 2.76 bits per heavy atom. The summed E-state index contributed by atoms with van der Waals surface area (Å²) in [4.78, 5) is 23.5. The Kier molecular flexibility index (Phi) is 5.87. The van der Waals surface area contributed by atoms with Crippen molar-refractivity contribution in [2.45, 2.75) is 27.0 Å². The van der Waals surface area contributed by atoms with Gasteiger partial charge in [-0.25, -0.2) is 0 Å². The van der Waals surface area contributed by atoms with Crippen molar-refractivity contribution in [1.82, 2.24) is 9.78 Å². The van der Waals surface area contributed by atoms with E-state index >= 15 is 0 Å². The van der Waals surface area contributed by atoms with Crippen molar-refractivity contribution in [3.8, 4) is 5.75 Å². The molecule has 0 unspecified atom stereocenters. The molecule has 29 heavy (non-hydrogen) atoms. The summed E-state index contributed by atoms with van der Waals surface area (Å²) in [6, 6.07) is 7.52. The van der Waals surface area contributed by atoms with E-state index in [4.69, 9.17) is 0 Å². The van der Waals surface area contributed by atoms with Crippen LogP contribution in [0.1, 0.15) is 26.6 Å². The van der Waals surface area contributed by atoms with Crippen LogP contribution in [-0.2, 0) is 6.54 Å². The average molecular weight is 422 g/mol. The number of hydrogen-bond donors (Lipinski definition) is 1. The Morgan fingerprint density at radius 1 is 1.38 bits per heavy atom. The second-order valence-electron chi connectivity index (χ2n) is 6.08. The normalized spacial score (nSPS) is 10.9. The third-order valence-corrected chi connectivity index (χ3v) is 5.06. The van der Waals surface area contributed by atoms with Crippen LogP contribution in [0, 0.1) is 24.0 Å². The zero-order chi connectivity index (χ0) is 21.1. The van der Waals surface area contributed by atoms with Crippen LogP contribution in [-0.4, -0.2) is 27.2 Å². The van der Waals surface area contributed by atoms with Crippen LogP contribution < -0.4 is 10.1 Å². The molecular formula is C18H16F2N4O4S. The molecule has 0 radical (unpaired) electrons. The molecule has 0 spiro atoms. The molecule has 0 aliphatic rings. The zero-order valence-corrected chi connectivity index (χ0v) is 16.2. The number of benzene rings is 1. The van der Waals surface area contributed by atoms with Crippen molar-refractivity contribution < 1.29 is 23.2 Å². The van der Waals surface area contributed by atoms with Crippen LogP contribution >= 0.6 is 11.3 Å². The highest BCUT2D eigenvalue weighted by molar-refractivity contribution is 7.12. The SMILES string of the molecule is Cc1nn(Cc2csc(C(=O)Nc3ccccc3OC(F)F)c2)c(C)c1[N+](=O)[O-]. The molecule has 0 fully saturated rings.